The van der Waals surface area contributed by atoms with Gasteiger partial charge in [-0.1, -0.05) is 17.4 Å². The van der Waals surface area contributed by atoms with Crippen LogP contribution in [0.5, 0.6) is 0 Å². The van der Waals surface area contributed by atoms with Crippen molar-refractivity contribution in [1.29, 1.82) is 0 Å². The quantitative estimate of drug-likeness (QED) is 0.369. The number of thiophene rings is 1. The summed E-state index contributed by atoms with van der Waals surface area (Å²) in [7, 11) is -3.88. The summed E-state index contributed by atoms with van der Waals surface area (Å²) in [4.78, 5) is 26.7. The van der Waals surface area contributed by atoms with Gasteiger partial charge in [-0.15, -0.1) is 11.3 Å². The number of nitrogens with zero attached hydrogens (tertiary/aromatic N) is 2. The van der Waals surface area contributed by atoms with Gasteiger partial charge in [0.05, 0.1) is 16.0 Å². The Labute approximate surface area is 161 Å². The Morgan fingerprint density at radius 1 is 1.22 bits per heavy atom. The predicted octanol–water partition coefficient (Wildman–Crippen LogP) is 3.60. The van der Waals surface area contributed by atoms with Crippen LogP contribution in [0.25, 0.3) is 6.08 Å². The molecule has 0 atom stereocenters. The number of anilines is 1. The molecule has 0 aliphatic rings. The number of hydrogen-bond acceptors (Lipinski definition) is 8. The van der Waals surface area contributed by atoms with Crippen molar-refractivity contribution < 1.29 is 18.1 Å². The van der Waals surface area contributed by atoms with E-state index in [-0.39, 0.29) is 19.9 Å². The fraction of sp³-hybridized carbons (Fsp3) is 0. The molecule has 0 bridgehead atoms. The van der Waals surface area contributed by atoms with Gasteiger partial charge in [-0.2, -0.15) is 0 Å². The summed E-state index contributed by atoms with van der Waals surface area (Å²) >= 11 is 2.28. The zero-order valence-electron chi connectivity index (χ0n) is 13.4. The Balaban J connectivity index is 1.74. The second-order valence-corrected chi connectivity index (χ2v) is 9.26. The molecule has 2 aromatic heterocycles. The molecular formula is C16H11N3O5S3. The first-order chi connectivity index (χ1) is 12.9. The Bertz CT molecular complexity index is 1100. The minimum Gasteiger partial charge on any atom is -0.298 e. The van der Waals surface area contributed by atoms with Crippen molar-refractivity contribution in [2.75, 3.05) is 5.32 Å². The first kappa shape index (κ1) is 18.9. The van der Waals surface area contributed by atoms with Gasteiger partial charge < -0.3 is 0 Å². The number of thiazole rings is 1. The average molecular weight is 421 g/mol. The summed E-state index contributed by atoms with van der Waals surface area (Å²) in [6, 6.07) is 8.27. The van der Waals surface area contributed by atoms with E-state index in [0.29, 0.717) is 0 Å². The SMILES string of the molecule is O=C(/C=C/c1cccs1)Nc1ncc(S(=O)(=O)c2ccc([N+](=O)[O-])cc2)s1. The topological polar surface area (TPSA) is 119 Å². The van der Waals surface area contributed by atoms with Crippen molar-refractivity contribution in [2.24, 2.45) is 0 Å². The first-order valence-corrected chi connectivity index (χ1v) is 10.5. The maximum atomic E-state index is 12.6. The van der Waals surface area contributed by atoms with E-state index < -0.39 is 20.7 Å². The van der Waals surface area contributed by atoms with Gasteiger partial charge in [0.2, 0.25) is 15.7 Å². The summed E-state index contributed by atoms with van der Waals surface area (Å²) in [5.74, 6) is -0.433. The highest BCUT2D eigenvalue weighted by Crippen LogP contribution is 2.29. The van der Waals surface area contributed by atoms with Gasteiger partial charge in [0.25, 0.3) is 5.69 Å². The van der Waals surface area contributed by atoms with E-state index >= 15 is 0 Å². The van der Waals surface area contributed by atoms with E-state index in [1.54, 1.807) is 6.08 Å². The number of benzene rings is 1. The Hall–Kier alpha value is -2.89. The molecule has 2 heterocycles. The molecule has 0 saturated carbocycles. The van der Waals surface area contributed by atoms with Crippen molar-refractivity contribution in [2.45, 2.75) is 9.10 Å². The third-order valence-corrected chi connectivity index (χ3v) is 7.26. The first-order valence-electron chi connectivity index (χ1n) is 7.34. The summed E-state index contributed by atoms with van der Waals surface area (Å²) < 4.78 is 25.1. The number of sulfone groups is 1. The Kier molecular flexibility index (Phi) is 5.44. The molecule has 11 heteroatoms. The van der Waals surface area contributed by atoms with Crippen LogP contribution in [0.1, 0.15) is 4.88 Å². The lowest BCUT2D eigenvalue weighted by Gasteiger charge is -2.00. The van der Waals surface area contributed by atoms with Gasteiger partial charge in [0.1, 0.15) is 4.21 Å². The third-order valence-electron chi connectivity index (χ3n) is 3.28. The molecule has 0 aliphatic heterocycles. The normalized spacial score (nSPS) is 11.6. The van der Waals surface area contributed by atoms with Crippen LogP contribution in [0.3, 0.4) is 0 Å². The van der Waals surface area contributed by atoms with Crippen LogP contribution in [0.2, 0.25) is 0 Å². The number of carbonyl (C=O) groups excluding carboxylic acids is 1. The highest BCUT2D eigenvalue weighted by atomic mass is 32.2. The van der Waals surface area contributed by atoms with Crippen LogP contribution >= 0.6 is 22.7 Å². The number of amides is 1. The number of non-ortho nitro benzene ring substituents is 1. The van der Waals surface area contributed by atoms with E-state index in [1.165, 1.54) is 17.4 Å². The van der Waals surface area contributed by atoms with E-state index in [0.717, 1.165) is 46.7 Å². The van der Waals surface area contributed by atoms with Crippen molar-refractivity contribution >= 4 is 55.3 Å². The number of rotatable bonds is 6. The molecule has 27 heavy (non-hydrogen) atoms. The third kappa shape index (κ3) is 4.45. The van der Waals surface area contributed by atoms with Gasteiger partial charge >= 0.3 is 0 Å². The molecule has 0 fully saturated rings. The predicted molar refractivity (Wildman–Crippen MR) is 103 cm³/mol. The summed E-state index contributed by atoms with van der Waals surface area (Å²) in [5, 5.41) is 15.2. The van der Waals surface area contributed by atoms with Crippen LogP contribution in [0.4, 0.5) is 10.8 Å². The van der Waals surface area contributed by atoms with Crippen molar-refractivity contribution in [3.05, 3.63) is 69.0 Å². The number of nitro groups is 1. The molecule has 1 aromatic carbocycles. The summed E-state index contributed by atoms with van der Waals surface area (Å²) in [6.45, 7) is 0. The summed E-state index contributed by atoms with van der Waals surface area (Å²) in [6.07, 6.45) is 4.11. The molecule has 8 nitrogen and oxygen atoms in total. The van der Waals surface area contributed by atoms with Gasteiger partial charge in [-0.3, -0.25) is 20.2 Å². The van der Waals surface area contributed by atoms with Gasteiger partial charge in [-0.25, -0.2) is 13.4 Å². The molecule has 3 aromatic rings. The Morgan fingerprint density at radius 3 is 2.59 bits per heavy atom. The van der Waals surface area contributed by atoms with E-state index in [1.807, 2.05) is 17.5 Å². The zero-order chi connectivity index (χ0) is 19.4. The standard InChI is InChI=1S/C16H11N3O5S3/c20-14(8-5-12-2-1-9-25-12)18-16-17-10-15(26-16)27(23,24)13-6-3-11(4-7-13)19(21)22/h1-10H,(H,17,18,20)/b8-5+. The monoisotopic (exact) mass is 421 g/mol. The lowest BCUT2D eigenvalue weighted by molar-refractivity contribution is -0.384. The molecule has 3 rings (SSSR count). The fourth-order valence-corrected chi connectivity index (χ4v) is 5.05. The largest absolute Gasteiger partial charge is 0.298 e. The lowest BCUT2D eigenvalue weighted by atomic mass is 10.3. The number of nitrogens with one attached hydrogen (secondary N) is 1. The van der Waals surface area contributed by atoms with Crippen molar-refractivity contribution in [3.8, 4) is 0 Å². The van der Waals surface area contributed by atoms with Crippen molar-refractivity contribution in [3.63, 3.8) is 0 Å². The fourth-order valence-electron chi connectivity index (χ4n) is 2.00. The van der Waals surface area contributed by atoms with Gasteiger partial charge in [0.15, 0.2) is 5.13 Å². The minimum absolute atomic E-state index is 0.0751. The van der Waals surface area contributed by atoms with Gasteiger partial charge in [-0.05, 0) is 29.7 Å². The molecule has 0 spiro atoms. The maximum absolute atomic E-state index is 12.6. The van der Waals surface area contributed by atoms with Gasteiger partial charge in [0, 0.05) is 23.1 Å². The lowest BCUT2D eigenvalue weighted by Crippen LogP contribution is -2.06. The smallest absolute Gasteiger partial charge is 0.269 e. The molecule has 0 radical (unpaired) electrons. The second kappa shape index (κ2) is 7.78. The van der Waals surface area contributed by atoms with E-state index in [4.69, 9.17) is 0 Å². The highest BCUT2D eigenvalue weighted by molar-refractivity contribution is 7.93. The average Bonchev–Trinajstić information content (AvgIpc) is 3.32. The van der Waals surface area contributed by atoms with Crippen molar-refractivity contribution in [1.82, 2.24) is 4.98 Å². The van der Waals surface area contributed by atoms with Crippen LogP contribution in [-0.4, -0.2) is 24.2 Å². The van der Waals surface area contributed by atoms with Crippen LogP contribution < -0.4 is 5.32 Å². The number of hydrogen-bond donors (Lipinski definition) is 1. The highest BCUT2D eigenvalue weighted by Gasteiger charge is 2.22. The molecule has 0 saturated heterocycles. The molecule has 1 amide bonds. The molecule has 1 N–H and O–H groups in total. The molecule has 0 unspecified atom stereocenters. The van der Waals surface area contributed by atoms with E-state index in [9.17, 15) is 23.3 Å². The Morgan fingerprint density at radius 2 is 1.96 bits per heavy atom. The van der Waals surface area contributed by atoms with Crippen LogP contribution in [0, 0.1) is 10.1 Å². The number of nitro benzene ring substituents is 1. The zero-order valence-corrected chi connectivity index (χ0v) is 15.9. The van der Waals surface area contributed by atoms with Crippen LogP contribution in [0.15, 0.2) is 63.2 Å². The number of aromatic nitrogens is 1. The summed E-state index contributed by atoms with van der Waals surface area (Å²) in [5.41, 5.74) is -0.205. The molecule has 0 aliphatic carbocycles. The number of carbonyl (C=O) groups is 1. The minimum atomic E-state index is -3.88. The maximum Gasteiger partial charge on any atom is 0.269 e. The molecular weight excluding hydrogens is 410 g/mol. The molecule has 138 valence electrons. The second-order valence-electron chi connectivity index (χ2n) is 5.08. The van der Waals surface area contributed by atoms with E-state index in [2.05, 4.69) is 10.3 Å². The van der Waals surface area contributed by atoms with Crippen LogP contribution in [-0.2, 0) is 14.6 Å².